The van der Waals surface area contributed by atoms with Crippen LogP contribution in [0.5, 0.6) is 0 Å². The fourth-order valence-electron chi connectivity index (χ4n) is 1.10. The first-order valence-electron chi connectivity index (χ1n) is 4.06. The largest absolute Gasteiger partial charge is 0.293 e. The minimum Gasteiger partial charge on any atom is -0.293 e. The van der Waals surface area contributed by atoms with Crippen LogP contribution in [-0.2, 0) is 6.42 Å². The van der Waals surface area contributed by atoms with Crippen molar-refractivity contribution < 1.29 is 4.79 Å². The van der Waals surface area contributed by atoms with E-state index in [1.54, 1.807) is 0 Å². The standard InChI is InChI=1S/C10H10Br2O/c1-2-7-5-8(10(13)6-11)3-4-9(7)12/h3-5H,2,6H2,1H3. The first kappa shape index (κ1) is 10.9. The second kappa shape index (κ2) is 4.91. The molecule has 13 heavy (non-hydrogen) atoms. The number of halogens is 2. The highest BCUT2D eigenvalue weighted by atomic mass is 79.9. The number of rotatable bonds is 3. The Morgan fingerprint density at radius 1 is 1.46 bits per heavy atom. The quantitative estimate of drug-likeness (QED) is 0.616. The molecule has 0 atom stereocenters. The molecule has 0 aliphatic heterocycles. The summed E-state index contributed by atoms with van der Waals surface area (Å²) in [5.74, 6) is 0.127. The van der Waals surface area contributed by atoms with E-state index in [1.807, 2.05) is 18.2 Å². The van der Waals surface area contributed by atoms with Gasteiger partial charge in [-0.1, -0.05) is 44.8 Å². The van der Waals surface area contributed by atoms with Gasteiger partial charge in [-0.2, -0.15) is 0 Å². The average molecular weight is 306 g/mol. The number of aryl methyl sites for hydroxylation is 1. The zero-order valence-electron chi connectivity index (χ0n) is 7.31. The van der Waals surface area contributed by atoms with Crippen molar-refractivity contribution in [1.82, 2.24) is 0 Å². The van der Waals surface area contributed by atoms with E-state index in [2.05, 4.69) is 38.8 Å². The highest BCUT2D eigenvalue weighted by molar-refractivity contribution is 9.10. The molecule has 0 spiro atoms. The molecule has 0 fully saturated rings. The lowest BCUT2D eigenvalue weighted by Gasteiger charge is -2.03. The molecule has 1 aromatic carbocycles. The predicted molar refractivity (Wildman–Crippen MR) is 61.6 cm³/mol. The normalized spacial score (nSPS) is 10.1. The van der Waals surface area contributed by atoms with Gasteiger partial charge < -0.3 is 0 Å². The van der Waals surface area contributed by atoms with Crippen LogP contribution < -0.4 is 0 Å². The summed E-state index contributed by atoms with van der Waals surface area (Å²) in [5.41, 5.74) is 1.95. The number of benzene rings is 1. The van der Waals surface area contributed by atoms with E-state index < -0.39 is 0 Å². The van der Waals surface area contributed by atoms with E-state index in [0.29, 0.717) is 5.33 Å². The molecule has 0 saturated carbocycles. The monoisotopic (exact) mass is 304 g/mol. The molecule has 1 aromatic rings. The summed E-state index contributed by atoms with van der Waals surface area (Å²) in [5, 5.41) is 0.387. The lowest BCUT2D eigenvalue weighted by atomic mass is 10.1. The number of hydrogen-bond donors (Lipinski definition) is 0. The van der Waals surface area contributed by atoms with Gasteiger partial charge in [0.25, 0.3) is 0 Å². The van der Waals surface area contributed by atoms with Gasteiger partial charge in [0.1, 0.15) is 0 Å². The molecule has 0 radical (unpaired) electrons. The molecule has 0 bridgehead atoms. The summed E-state index contributed by atoms with van der Waals surface area (Å²) < 4.78 is 1.07. The van der Waals surface area contributed by atoms with Crippen molar-refractivity contribution in [1.29, 1.82) is 0 Å². The second-order valence-electron chi connectivity index (χ2n) is 2.72. The van der Waals surface area contributed by atoms with Gasteiger partial charge >= 0.3 is 0 Å². The average Bonchev–Trinajstić information content (AvgIpc) is 2.17. The molecule has 0 saturated heterocycles. The van der Waals surface area contributed by atoms with Crippen LogP contribution in [0, 0.1) is 0 Å². The van der Waals surface area contributed by atoms with E-state index in [-0.39, 0.29) is 5.78 Å². The third-order valence-electron chi connectivity index (χ3n) is 1.87. The van der Waals surface area contributed by atoms with Gasteiger partial charge in [0, 0.05) is 10.0 Å². The van der Waals surface area contributed by atoms with E-state index in [1.165, 1.54) is 5.56 Å². The van der Waals surface area contributed by atoms with Crippen molar-refractivity contribution in [2.24, 2.45) is 0 Å². The number of carbonyl (C=O) groups is 1. The van der Waals surface area contributed by atoms with Gasteiger partial charge in [-0.15, -0.1) is 0 Å². The van der Waals surface area contributed by atoms with E-state index in [0.717, 1.165) is 16.5 Å². The van der Waals surface area contributed by atoms with Crippen LogP contribution in [0.2, 0.25) is 0 Å². The highest BCUT2D eigenvalue weighted by Crippen LogP contribution is 2.19. The first-order chi connectivity index (χ1) is 6.19. The van der Waals surface area contributed by atoms with Crippen LogP contribution in [0.1, 0.15) is 22.8 Å². The summed E-state index contributed by atoms with van der Waals surface area (Å²) in [6, 6.07) is 5.70. The molecule has 0 N–H and O–H groups in total. The Labute approximate surface area is 94.8 Å². The Morgan fingerprint density at radius 2 is 2.15 bits per heavy atom. The molecular formula is C10H10Br2O. The summed E-state index contributed by atoms with van der Waals surface area (Å²) in [6.07, 6.45) is 0.935. The van der Waals surface area contributed by atoms with Crippen molar-refractivity contribution in [2.75, 3.05) is 5.33 Å². The SMILES string of the molecule is CCc1cc(C(=O)CBr)ccc1Br. The molecule has 1 nitrogen and oxygen atoms in total. The van der Waals surface area contributed by atoms with Gasteiger partial charge in [-0.05, 0) is 24.1 Å². The number of alkyl halides is 1. The smallest absolute Gasteiger partial charge is 0.173 e. The van der Waals surface area contributed by atoms with Gasteiger partial charge in [-0.25, -0.2) is 0 Å². The predicted octanol–water partition coefficient (Wildman–Crippen LogP) is 3.59. The number of hydrogen-bond acceptors (Lipinski definition) is 1. The van der Waals surface area contributed by atoms with Crippen LogP contribution in [-0.4, -0.2) is 11.1 Å². The Kier molecular flexibility index (Phi) is 4.13. The van der Waals surface area contributed by atoms with Crippen LogP contribution in [0.3, 0.4) is 0 Å². The molecule has 0 aliphatic carbocycles. The molecule has 3 heteroatoms. The van der Waals surface area contributed by atoms with E-state index in [9.17, 15) is 4.79 Å². The third kappa shape index (κ3) is 2.64. The second-order valence-corrected chi connectivity index (χ2v) is 4.13. The van der Waals surface area contributed by atoms with Crippen LogP contribution in [0.15, 0.2) is 22.7 Å². The molecule has 0 amide bonds. The maximum absolute atomic E-state index is 11.3. The Morgan fingerprint density at radius 3 is 2.69 bits per heavy atom. The minimum atomic E-state index is 0.127. The van der Waals surface area contributed by atoms with Crippen molar-refractivity contribution in [3.8, 4) is 0 Å². The molecule has 1 rings (SSSR count). The molecule has 0 heterocycles. The maximum Gasteiger partial charge on any atom is 0.173 e. The number of ketones is 1. The highest BCUT2D eigenvalue weighted by Gasteiger charge is 2.05. The summed E-state index contributed by atoms with van der Waals surface area (Å²) in [7, 11) is 0. The Bertz CT molecular complexity index is 321. The Balaban J connectivity index is 3.06. The zero-order valence-corrected chi connectivity index (χ0v) is 10.5. The Hall–Kier alpha value is -0.150. The van der Waals surface area contributed by atoms with Crippen LogP contribution in [0.4, 0.5) is 0 Å². The van der Waals surface area contributed by atoms with E-state index >= 15 is 0 Å². The molecule has 70 valence electrons. The van der Waals surface area contributed by atoms with Crippen LogP contribution in [0.25, 0.3) is 0 Å². The van der Waals surface area contributed by atoms with E-state index in [4.69, 9.17) is 0 Å². The van der Waals surface area contributed by atoms with Gasteiger partial charge in [0.05, 0.1) is 5.33 Å². The lowest BCUT2D eigenvalue weighted by Crippen LogP contribution is -2.00. The van der Waals surface area contributed by atoms with Gasteiger partial charge in [0.15, 0.2) is 5.78 Å². The molecular weight excluding hydrogens is 296 g/mol. The minimum absolute atomic E-state index is 0.127. The number of carbonyl (C=O) groups excluding carboxylic acids is 1. The zero-order chi connectivity index (χ0) is 9.84. The lowest BCUT2D eigenvalue weighted by molar-refractivity contribution is 0.102. The van der Waals surface area contributed by atoms with Crippen molar-refractivity contribution in [2.45, 2.75) is 13.3 Å². The summed E-state index contributed by atoms with van der Waals surface area (Å²) in [4.78, 5) is 11.3. The topological polar surface area (TPSA) is 17.1 Å². The van der Waals surface area contributed by atoms with Crippen molar-refractivity contribution >= 4 is 37.6 Å². The van der Waals surface area contributed by atoms with Crippen molar-refractivity contribution in [3.05, 3.63) is 33.8 Å². The summed E-state index contributed by atoms with van der Waals surface area (Å²) in [6.45, 7) is 2.07. The fraction of sp³-hybridized carbons (Fsp3) is 0.300. The van der Waals surface area contributed by atoms with Crippen LogP contribution >= 0.6 is 31.9 Å². The fourth-order valence-corrected chi connectivity index (χ4v) is 1.95. The van der Waals surface area contributed by atoms with Gasteiger partial charge in [-0.3, -0.25) is 4.79 Å². The molecule has 0 aromatic heterocycles. The third-order valence-corrected chi connectivity index (χ3v) is 3.15. The summed E-state index contributed by atoms with van der Waals surface area (Å²) >= 11 is 6.59. The maximum atomic E-state index is 11.3. The van der Waals surface area contributed by atoms with Crippen molar-refractivity contribution in [3.63, 3.8) is 0 Å². The number of Topliss-reactive ketones (excluding diaryl/α,β-unsaturated/α-hetero) is 1. The van der Waals surface area contributed by atoms with Gasteiger partial charge in [0.2, 0.25) is 0 Å². The first-order valence-corrected chi connectivity index (χ1v) is 5.98. The molecule has 0 unspecified atom stereocenters. The molecule has 0 aliphatic rings.